The van der Waals surface area contributed by atoms with Crippen LogP contribution in [0.5, 0.6) is 0 Å². The van der Waals surface area contributed by atoms with Gasteiger partial charge in [-0.2, -0.15) is 0 Å². The van der Waals surface area contributed by atoms with Crippen molar-refractivity contribution in [1.29, 1.82) is 0 Å². The zero-order chi connectivity index (χ0) is 26.9. The topological polar surface area (TPSA) is 98.7 Å². The van der Waals surface area contributed by atoms with Crippen molar-refractivity contribution in [1.82, 2.24) is 14.9 Å². The van der Waals surface area contributed by atoms with Gasteiger partial charge in [0.2, 0.25) is 5.91 Å². The fourth-order valence-electron chi connectivity index (χ4n) is 5.00. The normalized spacial score (nSPS) is 16.7. The number of fused-ring (bicyclic) bond motifs is 1. The third-order valence-corrected chi connectivity index (χ3v) is 8.52. The second-order valence-corrected chi connectivity index (χ2v) is 11.5. The van der Waals surface area contributed by atoms with Gasteiger partial charge in [0.15, 0.2) is 5.82 Å². The van der Waals surface area contributed by atoms with Crippen LogP contribution in [0, 0.1) is 5.82 Å². The smallest absolute Gasteiger partial charge is 0.263 e. The van der Waals surface area contributed by atoms with Gasteiger partial charge in [0, 0.05) is 47.0 Å². The molecule has 38 heavy (non-hydrogen) atoms. The fraction of sp³-hybridized carbons (Fsp3) is 0.346. The number of carbonyl (C=O) groups is 1. The van der Waals surface area contributed by atoms with Crippen LogP contribution in [0.4, 0.5) is 21.6 Å². The van der Waals surface area contributed by atoms with Gasteiger partial charge >= 0.3 is 0 Å². The van der Waals surface area contributed by atoms with E-state index in [-0.39, 0.29) is 36.5 Å². The number of nitrogens with zero attached hydrogens (tertiary/aromatic N) is 5. The van der Waals surface area contributed by atoms with Gasteiger partial charge in [-0.25, -0.2) is 17.8 Å². The molecule has 2 aliphatic heterocycles. The molecule has 1 saturated heterocycles. The Morgan fingerprint density at radius 1 is 1.08 bits per heavy atom. The molecule has 1 aromatic heterocycles. The number of aromatic nitrogens is 2. The summed E-state index contributed by atoms with van der Waals surface area (Å²) in [4.78, 5) is 27.2. The predicted molar refractivity (Wildman–Crippen MR) is 149 cm³/mol. The van der Waals surface area contributed by atoms with Crippen LogP contribution >= 0.6 is 11.6 Å². The lowest BCUT2D eigenvalue weighted by Crippen LogP contribution is -2.55. The first kappa shape index (κ1) is 26.2. The van der Waals surface area contributed by atoms with E-state index in [4.69, 9.17) is 11.6 Å². The monoisotopic (exact) mass is 562 g/mol. The van der Waals surface area contributed by atoms with Gasteiger partial charge in [0.05, 0.1) is 17.3 Å². The summed E-state index contributed by atoms with van der Waals surface area (Å²) in [7, 11) is -3.85. The Balaban J connectivity index is 0.00000220. The van der Waals surface area contributed by atoms with Gasteiger partial charge in [-0.15, -0.1) is 0 Å². The number of benzene rings is 2. The largest absolute Gasteiger partial charge is 0.368 e. The van der Waals surface area contributed by atoms with Crippen LogP contribution in [0.1, 0.15) is 21.8 Å². The van der Waals surface area contributed by atoms with Crippen LogP contribution in [-0.2, 0) is 21.2 Å². The van der Waals surface area contributed by atoms with Gasteiger partial charge in [-0.1, -0.05) is 11.6 Å². The molecule has 0 spiro atoms. The highest BCUT2D eigenvalue weighted by molar-refractivity contribution is 7.92. The number of halogens is 2. The molecular weight excluding hydrogens is 531 g/mol. The Labute approximate surface area is 229 Å². The zero-order valence-corrected chi connectivity index (χ0v) is 22.4. The van der Waals surface area contributed by atoms with E-state index >= 15 is 0 Å². The Morgan fingerprint density at radius 3 is 2.53 bits per heavy atom. The summed E-state index contributed by atoms with van der Waals surface area (Å²) in [6, 6.07) is 11.0. The molecule has 1 N–H and O–H groups in total. The molecule has 1 amide bonds. The number of amides is 1. The first-order valence-electron chi connectivity index (χ1n) is 12.4. The van der Waals surface area contributed by atoms with E-state index in [0.29, 0.717) is 26.2 Å². The molecule has 5 rings (SSSR count). The zero-order valence-electron chi connectivity index (χ0n) is 20.8. The van der Waals surface area contributed by atoms with E-state index in [0.717, 1.165) is 36.3 Å². The summed E-state index contributed by atoms with van der Waals surface area (Å²) in [5, 5.41) is 0.0868. The number of piperazine rings is 1. The van der Waals surface area contributed by atoms with Crippen molar-refractivity contribution in [2.45, 2.75) is 30.7 Å². The molecule has 2 aromatic carbocycles. The van der Waals surface area contributed by atoms with E-state index in [1.54, 1.807) is 24.3 Å². The molecule has 1 fully saturated rings. The van der Waals surface area contributed by atoms with Crippen molar-refractivity contribution >= 4 is 44.7 Å². The van der Waals surface area contributed by atoms with Crippen molar-refractivity contribution < 1.29 is 20.5 Å². The molecule has 2 aliphatic rings. The van der Waals surface area contributed by atoms with Crippen LogP contribution in [0.2, 0.25) is 5.15 Å². The average molecular weight is 563 g/mol. The summed E-state index contributed by atoms with van der Waals surface area (Å²) >= 11 is 5.79. The number of anilines is 3. The molecule has 1 atom stereocenters. The lowest BCUT2D eigenvalue weighted by atomic mass is 9.99. The molecule has 0 bridgehead atoms. The van der Waals surface area contributed by atoms with Crippen molar-refractivity contribution in [3.05, 3.63) is 71.4 Å². The van der Waals surface area contributed by atoms with Crippen molar-refractivity contribution in [2.24, 2.45) is 0 Å². The Morgan fingerprint density at radius 2 is 1.82 bits per heavy atom. The van der Waals surface area contributed by atoms with Crippen LogP contribution in [-0.4, -0.2) is 68.0 Å². The number of hydrogen-bond acceptors (Lipinski definition) is 7. The van der Waals surface area contributed by atoms with E-state index in [1.165, 1.54) is 30.6 Å². The minimum absolute atomic E-state index is 0. The van der Waals surface area contributed by atoms with Gasteiger partial charge in [0.25, 0.3) is 10.0 Å². The Hall–Kier alpha value is -3.44. The van der Waals surface area contributed by atoms with Crippen molar-refractivity contribution in [3.63, 3.8) is 0 Å². The minimum Gasteiger partial charge on any atom is -0.368 e. The summed E-state index contributed by atoms with van der Waals surface area (Å²) in [5.74, 6) is -0.159. The second kappa shape index (κ2) is 10.7. The molecule has 0 aliphatic carbocycles. The number of carbonyl (C=O) groups excluding carboxylic acids is 1. The number of sulfonamides is 1. The number of aryl methyl sites for hydroxylation is 1. The van der Waals surface area contributed by atoms with E-state index < -0.39 is 10.0 Å². The highest BCUT2D eigenvalue weighted by Crippen LogP contribution is 2.30. The molecular formula is C26H32ClFN6O3S. The van der Waals surface area contributed by atoms with Gasteiger partial charge < -0.3 is 14.7 Å². The molecule has 3 heterocycles. The summed E-state index contributed by atoms with van der Waals surface area (Å²) in [6.45, 7) is 5.05. The third kappa shape index (κ3) is 5.53. The molecule has 0 radical (unpaired) electrons. The Bertz CT molecular complexity index is 1440. The summed E-state index contributed by atoms with van der Waals surface area (Å²) in [5.41, 5.74) is 2.75. The second-order valence-electron chi connectivity index (χ2n) is 9.38. The summed E-state index contributed by atoms with van der Waals surface area (Å²) in [6.07, 6.45) is 4.30. The number of rotatable bonds is 6. The van der Waals surface area contributed by atoms with Crippen LogP contribution in [0.15, 0.2) is 59.8 Å². The van der Waals surface area contributed by atoms with Gasteiger partial charge in [-0.3, -0.25) is 14.5 Å². The molecule has 9 nitrogen and oxygen atoms in total. The first-order valence-corrected chi connectivity index (χ1v) is 14.3. The first-order chi connectivity index (χ1) is 18.2. The van der Waals surface area contributed by atoms with E-state index in [2.05, 4.69) is 24.5 Å². The molecule has 204 valence electrons. The Kier molecular flexibility index (Phi) is 7.40. The fourth-order valence-corrected chi connectivity index (χ4v) is 6.14. The van der Waals surface area contributed by atoms with Gasteiger partial charge in [0.1, 0.15) is 17.0 Å². The molecule has 3 aromatic rings. The maximum Gasteiger partial charge on any atom is 0.263 e. The highest BCUT2D eigenvalue weighted by atomic mass is 35.5. The maximum atomic E-state index is 13.7. The van der Waals surface area contributed by atoms with Crippen molar-refractivity contribution in [3.8, 4) is 0 Å². The lowest BCUT2D eigenvalue weighted by Gasteiger charge is -2.41. The van der Waals surface area contributed by atoms with E-state index in [1.807, 2.05) is 11.8 Å². The maximum absolute atomic E-state index is 13.7. The highest BCUT2D eigenvalue weighted by Gasteiger charge is 2.31. The molecule has 0 unspecified atom stereocenters. The SMILES string of the molecule is C[C@H](C(=O)N1CCN(c2ccc(S(=O)(=O)Nc3cncc(Cl)n3)cc2)CC1)N1CCCc2cc(F)ccc21.[HH].[HH]. The van der Waals surface area contributed by atoms with Crippen molar-refractivity contribution in [2.75, 3.05) is 47.2 Å². The number of nitrogens with one attached hydrogen (secondary N) is 1. The van der Waals surface area contributed by atoms with E-state index in [9.17, 15) is 17.6 Å². The predicted octanol–water partition coefficient (Wildman–Crippen LogP) is 4.05. The lowest BCUT2D eigenvalue weighted by molar-refractivity contribution is -0.132. The number of hydrogen-bond donors (Lipinski definition) is 1. The summed E-state index contributed by atoms with van der Waals surface area (Å²) < 4.78 is 41.5. The molecule has 0 saturated carbocycles. The van der Waals surface area contributed by atoms with Crippen LogP contribution in [0.3, 0.4) is 0 Å². The minimum atomic E-state index is -3.85. The molecule has 12 heteroatoms. The standard InChI is InChI=1S/C26H28ClFN6O3S.2H2/c1-18(34-10-2-3-19-15-20(28)4-9-23(19)34)26(35)33-13-11-32(12-14-33)21-5-7-22(8-6-21)38(36,37)31-25-17-29-16-24(27)30-25;;/h4-9,15-18H,2-3,10-14H2,1H3,(H,30,31);2*1H/t18-;;/m1../s1. The average Bonchev–Trinajstić information content (AvgIpc) is 2.91. The third-order valence-electron chi connectivity index (χ3n) is 6.97. The van der Waals surface area contributed by atoms with Crippen LogP contribution < -0.4 is 14.5 Å². The quantitative estimate of drug-likeness (QED) is 0.484. The van der Waals surface area contributed by atoms with Gasteiger partial charge in [-0.05, 0) is 67.8 Å². The van der Waals surface area contributed by atoms with Crippen LogP contribution in [0.25, 0.3) is 0 Å².